The van der Waals surface area contributed by atoms with Gasteiger partial charge in [-0.25, -0.2) is 9.97 Å². The fraction of sp³-hybridized carbons (Fsp3) is 0.158. The second kappa shape index (κ2) is 6.64. The molecule has 1 atom stereocenters. The summed E-state index contributed by atoms with van der Waals surface area (Å²) < 4.78 is 5.86. The summed E-state index contributed by atoms with van der Waals surface area (Å²) in [4.78, 5) is 9.08. The molecule has 5 nitrogen and oxygen atoms in total. The summed E-state index contributed by atoms with van der Waals surface area (Å²) in [6, 6.07) is 17.8. The van der Waals surface area contributed by atoms with E-state index in [1.807, 2.05) is 68.4 Å². The Kier molecular flexibility index (Phi) is 4.19. The van der Waals surface area contributed by atoms with Crippen molar-refractivity contribution in [2.24, 2.45) is 0 Å². The first-order valence-electron chi connectivity index (χ1n) is 7.99. The molecule has 0 fully saturated rings. The lowest BCUT2D eigenvalue weighted by Crippen LogP contribution is -1.95. The predicted molar refractivity (Wildman–Crippen MR) is 98.3 cm³/mol. The summed E-state index contributed by atoms with van der Waals surface area (Å²) in [5, 5.41) is 10.3. The molecule has 4 rings (SSSR count). The van der Waals surface area contributed by atoms with Crippen molar-refractivity contribution >= 4 is 22.7 Å². The van der Waals surface area contributed by atoms with Gasteiger partial charge in [-0.15, -0.1) is 10.2 Å². The molecule has 0 unspecified atom stereocenters. The summed E-state index contributed by atoms with van der Waals surface area (Å²) in [5.74, 6) is 1.87. The molecule has 4 aromatic rings. The number of benzene rings is 2. The third kappa shape index (κ3) is 3.25. The number of hydrogen-bond donors (Lipinski definition) is 0. The highest BCUT2D eigenvalue weighted by molar-refractivity contribution is 7.99. The Labute approximate surface area is 149 Å². The minimum absolute atomic E-state index is 0.0114. The topological polar surface area (TPSA) is 64.7 Å². The van der Waals surface area contributed by atoms with Gasteiger partial charge in [0.05, 0.1) is 10.8 Å². The Morgan fingerprint density at radius 2 is 1.68 bits per heavy atom. The van der Waals surface area contributed by atoms with Gasteiger partial charge < -0.3 is 4.42 Å². The molecule has 0 amide bonds. The van der Waals surface area contributed by atoms with Crippen molar-refractivity contribution in [2.45, 2.75) is 24.1 Å². The molecule has 2 heterocycles. The molecule has 0 spiro atoms. The van der Waals surface area contributed by atoms with E-state index in [1.54, 1.807) is 11.8 Å². The predicted octanol–water partition coefficient (Wildman–Crippen LogP) is 4.84. The van der Waals surface area contributed by atoms with Gasteiger partial charge in [-0.1, -0.05) is 48.2 Å². The second-order valence-corrected chi connectivity index (χ2v) is 6.99. The van der Waals surface area contributed by atoms with Crippen LogP contribution < -0.4 is 0 Å². The number of aromatic nitrogens is 4. The molecule has 0 radical (unpaired) electrons. The average molecular weight is 348 g/mol. The highest BCUT2D eigenvalue weighted by Gasteiger charge is 2.18. The van der Waals surface area contributed by atoms with Crippen LogP contribution in [0, 0.1) is 6.92 Å². The van der Waals surface area contributed by atoms with Crippen molar-refractivity contribution in [3.05, 3.63) is 66.3 Å². The van der Waals surface area contributed by atoms with Gasteiger partial charge in [0.15, 0.2) is 0 Å². The second-order valence-electron chi connectivity index (χ2n) is 5.66. The Hall–Kier alpha value is -2.73. The van der Waals surface area contributed by atoms with Crippen LogP contribution in [0.5, 0.6) is 0 Å². The maximum Gasteiger partial charge on any atom is 0.247 e. The lowest BCUT2D eigenvalue weighted by molar-refractivity contribution is 0.509. The van der Waals surface area contributed by atoms with Crippen LogP contribution in [0.25, 0.3) is 22.4 Å². The minimum atomic E-state index is -0.0114. The molecule has 0 aliphatic heterocycles. The van der Waals surface area contributed by atoms with E-state index in [1.165, 1.54) is 0 Å². The van der Waals surface area contributed by atoms with Crippen molar-refractivity contribution in [2.75, 3.05) is 0 Å². The van der Waals surface area contributed by atoms with Crippen LogP contribution in [-0.4, -0.2) is 20.2 Å². The molecule has 6 heteroatoms. The average Bonchev–Trinajstić information content (AvgIpc) is 3.12. The molecule has 0 saturated carbocycles. The van der Waals surface area contributed by atoms with Crippen molar-refractivity contribution in [1.82, 2.24) is 20.2 Å². The van der Waals surface area contributed by atoms with E-state index in [4.69, 9.17) is 4.42 Å². The van der Waals surface area contributed by atoms with Crippen molar-refractivity contribution in [1.29, 1.82) is 0 Å². The summed E-state index contributed by atoms with van der Waals surface area (Å²) in [5.41, 5.74) is 1.86. The molecular weight excluding hydrogens is 332 g/mol. The highest BCUT2D eigenvalue weighted by atomic mass is 32.2. The normalized spacial score (nSPS) is 12.4. The van der Waals surface area contributed by atoms with E-state index in [9.17, 15) is 0 Å². The molecular formula is C19H16N4OS. The third-order valence-corrected chi connectivity index (χ3v) is 4.87. The number of nitrogens with zero attached hydrogens (tertiary/aromatic N) is 4. The Morgan fingerprint density at radius 1 is 0.920 bits per heavy atom. The largest absolute Gasteiger partial charge is 0.419 e. The van der Waals surface area contributed by atoms with Gasteiger partial charge in [-0.2, -0.15) is 0 Å². The van der Waals surface area contributed by atoms with Crippen LogP contribution >= 0.6 is 11.8 Å². The van der Waals surface area contributed by atoms with Crippen molar-refractivity contribution in [3.8, 4) is 11.5 Å². The molecule has 0 saturated heterocycles. The number of rotatable bonds is 4. The molecule has 0 bridgehead atoms. The van der Waals surface area contributed by atoms with Crippen molar-refractivity contribution < 1.29 is 4.42 Å². The Bertz CT molecular complexity index is 1020. The summed E-state index contributed by atoms with van der Waals surface area (Å²) in [6.45, 7) is 3.94. The van der Waals surface area contributed by atoms with Crippen LogP contribution in [0.3, 0.4) is 0 Å². The Balaban J connectivity index is 1.63. The van der Waals surface area contributed by atoms with Crippen LogP contribution in [0.2, 0.25) is 0 Å². The van der Waals surface area contributed by atoms with Crippen molar-refractivity contribution in [3.63, 3.8) is 0 Å². The smallest absolute Gasteiger partial charge is 0.247 e. The zero-order chi connectivity index (χ0) is 17.2. The van der Waals surface area contributed by atoms with E-state index >= 15 is 0 Å². The Morgan fingerprint density at radius 3 is 2.52 bits per heavy atom. The van der Waals surface area contributed by atoms with E-state index in [-0.39, 0.29) is 5.25 Å². The van der Waals surface area contributed by atoms with E-state index in [0.717, 1.165) is 27.3 Å². The lowest BCUT2D eigenvalue weighted by Gasteiger charge is -2.09. The van der Waals surface area contributed by atoms with E-state index < -0.39 is 0 Å². The van der Waals surface area contributed by atoms with E-state index in [2.05, 4.69) is 20.2 Å². The summed E-state index contributed by atoms with van der Waals surface area (Å²) in [7, 11) is 0. The number of fused-ring (bicyclic) bond motifs is 1. The fourth-order valence-corrected chi connectivity index (χ4v) is 3.58. The standard InChI is InChI=1S/C19H16N4OS/c1-12(17-22-23-18(24-17)14-8-4-3-5-9-14)25-19-15-10-6-7-11-16(15)20-13(2)21-19/h3-12H,1-2H3/t12-/m0/s1. The molecule has 0 N–H and O–H groups in total. The first-order chi connectivity index (χ1) is 12.2. The number of para-hydroxylation sites is 1. The number of aryl methyl sites for hydroxylation is 1. The van der Waals surface area contributed by atoms with Crippen LogP contribution in [0.1, 0.15) is 23.9 Å². The van der Waals surface area contributed by atoms with Gasteiger partial charge in [-0.3, -0.25) is 0 Å². The van der Waals surface area contributed by atoms with Gasteiger partial charge in [0.2, 0.25) is 11.8 Å². The van der Waals surface area contributed by atoms with Crippen LogP contribution in [-0.2, 0) is 0 Å². The molecule has 0 aliphatic carbocycles. The van der Waals surface area contributed by atoms with Gasteiger partial charge in [0.25, 0.3) is 0 Å². The SMILES string of the molecule is Cc1nc(S[C@@H](C)c2nnc(-c3ccccc3)o2)c2ccccc2n1. The van der Waals surface area contributed by atoms with E-state index in [0.29, 0.717) is 11.8 Å². The van der Waals surface area contributed by atoms with Crippen LogP contribution in [0.4, 0.5) is 0 Å². The first kappa shape index (κ1) is 15.8. The van der Waals surface area contributed by atoms with Gasteiger partial charge in [-0.05, 0) is 32.0 Å². The third-order valence-electron chi connectivity index (χ3n) is 3.78. The minimum Gasteiger partial charge on any atom is -0.419 e. The molecule has 0 aliphatic rings. The number of hydrogen-bond acceptors (Lipinski definition) is 6. The molecule has 25 heavy (non-hydrogen) atoms. The zero-order valence-corrected chi connectivity index (χ0v) is 14.7. The van der Waals surface area contributed by atoms with Gasteiger partial charge >= 0.3 is 0 Å². The number of thioether (sulfide) groups is 1. The molecule has 124 valence electrons. The lowest BCUT2D eigenvalue weighted by atomic mass is 10.2. The van der Waals surface area contributed by atoms with Crippen LogP contribution in [0.15, 0.2) is 64.0 Å². The van der Waals surface area contributed by atoms with Gasteiger partial charge in [0.1, 0.15) is 10.9 Å². The fourth-order valence-electron chi connectivity index (χ4n) is 2.56. The maximum atomic E-state index is 5.86. The molecule has 2 aromatic heterocycles. The quantitative estimate of drug-likeness (QED) is 0.388. The monoisotopic (exact) mass is 348 g/mol. The van der Waals surface area contributed by atoms with Gasteiger partial charge in [0, 0.05) is 10.9 Å². The summed E-state index contributed by atoms with van der Waals surface area (Å²) >= 11 is 1.60. The zero-order valence-electron chi connectivity index (χ0n) is 13.9. The molecule has 2 aromatic carbocycles. The maximum absolute atomic E-state index is 5.86. The summed E-state index contributed by atoms with van der Waals surface area (Å²) in [6.07, 6.45) is 0. The first-order valence-corrected chi connectivity index (χ1v) is 8.87. The highest BCUT2D eigenvalue weighted by Crippen LogP contribution is 2.37.